The number of ether oxygens (including phenoxy) is 1. The fourth-order valence-electron chi connectivity index (χ4n) is 1.98. The van der Waals surface area contributed by atoms with Crippen molar-refractivity contribution in [2.75, 3.05) is 12.9 Å². The van der Waals surface area contributed by atoms with Crippen LogP contribution in [0.15, 0.2) is 35.4 Å². The van der Waals surface area contributed by atoms with Crippen molar-refractivity contribution >= 4 is 23.5 Å². The van der Waals surface area contributed by atoms with Gasteiger partial charge in [0.2, 0.25) is 5.91 Å². The maximum Gasteiger partial charge on any atom is 0.238 e. The van der Waals surface area contributed by atoms with E-state index in [0.29, 0.717) is 12.3 Å². The maximum absolute atomic E-state index is 12.2. The second-order valence-electron chi connectivity index (χ2n) is 6.22. The van der Waals surface area contributed by atoms with Crippen LogP contribution in [0.2, 0.25) is 0 Å². The summed E-state index contributed by atoms with van der Waals surface area (Å²) in [5, 5.41) is 0.729. The molecule has 0 N–H and O–H groups in total. The molecule has 0 bridgehead atoms. The smallest absolute Gasteiger partial charge is 0.238 e. The average molecular weight is 319 g/mol. The number of benzene rings is 1. The summed E-state index contributed by atoms with van der Waals surface area (Å²) in [6, 6.07) is 7.61. The summed E-state index contributed by atoms with van der Waals surface area (Å²) in [5.41, 5.74) is 0.533. The van der Waals surface area contributed by atoms with Crippen LogP contribution in [0.5, 0.6) is 5.75 Å². The Kier molecular flexibility index (Phi) is 4.96. The number of hydrogen-bond acceptors (Lipinski definition) is 4. The number of thioether (sulfide) groups is 1. The minimum absolute atomic E-state index is 0.0281. The molecular formula is C17H21NO3S. The summed E-state index contributed by atoms with van der Waals surface area (Å²) in [7, 11) is 1.61. The zero-order valence-corrected chi connectivity index (χ0v) is 14.2. The van der Waals surface area contributed by atoms with E-state index in [0.717, 1.165) is 16.3 Å². The van der Waals surface area contributed by atoms with Crippen LogP contribution in [0, 0.1) is 5.41 Å². The van der Waals surface area contributed by atoms with Gasteiger partial charge in [-0.3, -0.25) is 9.59 Å². The van der Waals surface area contributed by atoms with E-state index in [2.05, 4.69) is 0 Å². The number of hydrogen-bond donors (Lipinski definition) is 0. The second kappa shape index (κ2) is 6.57. The molecule has 1 aromatic carbocycles. The standard InChI is InChI=1S/C17H21NO3S/c1-17(2,3)14(19)9-16-18(15(20)11-22-16)10-12-6-5-7-13(8-12)21-4/h5-9H,10-11H2,1-4H3/b16-9-. The van der Waals surface area contributed by atoms with E-state index >= 15 is 0 Å². The predicted octanol–water partition coefficient (Wildman–Crippen LogP) is 3.23. The Hall–Kier alpha value is -1.75. The molecule has 22 heavy (non-hydrogen) atoms. The molecule has 0 aliphatic carbocycles. The van der Waals surface area contributed by atoms with E-state index in [4.69, 9.17) is 4.74 Å². The first kappa shape index (κ1) is 16.6. The van der Waals surface area contributed by atoms with Crippen molar-refractivity contribution < 1.29 is 14.3 Å². The van der Waals surface area contributed by atoms with Crippen molar-refractivity contribution in [1.82, 2.24) is 4.90 Å². The molecular weight excluding hydrogens is 298 g/mol. The fraction of sp³-hybridized carbons (Fsp3) is 0.412. The van der Waals surface area contributed by atoms with E-state index in [-0.39, 0.29) is 11.7 Å². The number of allylic oxidation sites excluding steroid dienone is 1. The highest BCUT2D eigenvalue weighted by molar-refractivity contribution is 8.04. The quantitative estimate of drug-likeness (QED) is 0.799. The van der Waals surface area contributed by atoms with Crippen LogP contribution in [-0.4, -0.2) is 29.5 Å². The molecule has 1 amide bonds. The Morgan fingerprint density at radius 3 is 2.77 bits per heavy atom. The third-order valence-electron chi connectivity index (χ3n) is 3.38. The molecule has 0 saturated carbocycles. The molecule has 0 spiro atoms. The molecule has 5 heteroatoms. The summed E-state index contributed by atoms with van der Waals surface area (Å²) in [6.07, 6.45) is 1.59. The number of carbonyl (C=O) groups excluding carboxylic acids is 2. The summed E-state index contributed by atoms with van der Waals surface area (Å²) in [5.74, 6) is 1.20. The Morgan fingerprint density at radius 1 is 1.41 bits per heavy atom. The van der Waals surface area contributed by atoms with Crippen LogP contribution in [0.3, 0.4) is 0 Å². The molecule has 1 aliphatic rings. The van der Waals surface area contributed by atoms with Crippen LogP contribution < -0.4 is 4.74 Å². The Balaban J connectivity index is 2.21. The number of nitrogens with zero attached hydrogens (tertiary/aromatic N) is 1. The molecule has 0 aromatic heterocycles. The fourth-order valence-corrected chi connectivity index (χ4v) is 2.92. The van der Waals surface area contributed by atoms with Crippen LogP contribution in [0.4, 0.5) is 0 Å². The highest BCUT2D eigenvalue weighted by Crippen LogP contribution is 2.32. The normalized spacial score (nSPS) is 17.2. The van der Waals surface area contributed by atoms with E-state index in [1.807, 2.05) is 45.0 Å². The first-order chi connectivity index (χ1) is 10.3. The van der Waals surface area contributed by atoms with Gasteiger partial charge in [0.1, 0.15) is 5.75 Å². The van der Waals surface area contributed by atoms with E-state index in [1.54, 1.807) is 18.1 Å². The van der Waals surface area contributed by atoms with Gasteiger partial charge in [-0.1, -0.05) is 44.7 Å². The Morgan fingerprint density at radius 2 is 2.14 bits per heavy atom. The van der Waals surface area contributed by atoms with E-state index in [1.165, 1.54) is 11.8 Å². The summed E-state index contributed by atoms with van der Waals surface area (Å²) in [6.45, 7) is 6.08. The number of carbonyl (C=O) groups is 2. The minimum atomic E-state index is -0.444. The SMILES string of the molecule is COc1cccc(CN2C(=O)CS/C2=C\C(=O)C(C)(C)C)c1. The lowest BCUT2D eigenvalue weighted by atomic mass is 9.91. The molecule has 4 nitrogen and oxygen atoms in total. The number of methoxy groups -OCH3 is 1. The average Bonchev–Trinajstić information content (AvgIpc) is 2.79. The lowest BCUT2D eigenvalue weighted by Gasteiger charge is -2.19. The zero-order valence-electron chi connectivity index (χ0n) is 13.4. The second-order valence-corrected chi connectivity index (χ2v) is 7.21. The van der Waals surface area contributed by atoms with Crippen molar-refractivity contribution in [1.29, 1.82) is 0 Å². The topological polar surface area (TPSA) is 46.6 Å². The van der Waals surface area contributed by atoms with E-state index < -0.39 is 5.41 Å². The van der Waals surface area contributed by atoms with Gasteiger partial charge in [-0.05, 0) is 17.7 Å². The largest absolute Gasteiger partial charge is 0.497 e. The van der Waals surface area contributed by atoms with Crippen LogP contribution in [0.25, 0.3) is 0 Å². The summed E-state index contributed by atoms with van der Waals surface area (Å²) < 4.78 is 5.20. The molecule has 0 atom stereocenters. The summed E-state index contributed by atoms with van der Waals surface area (Å²) >= 11 is 1.42. The van der Waals surface area contributed by atoms with Gasteiger partial charge in [0.15, 0.2) is 5.78 Å². The van der Waals surface area contributed by atoms with Crippen molar-refractivity contribution in [3.05, 3.63) is 40.9 Å². The Bertz CT molecular complexity index is 617. The monoisotopic (exact) mass is 319 g/mol. The van der Waals surface area contributed by atoms with Crippen LogP contribution >= 0.6 is 11.8 Å². The predicted molar refractivity (Wildman–Crippen MR) is 88.5 cm³/mol. The molecule has 1 fully saturated rings. The van der Waals surface area contributed by atoms with Gasteiger partial charge < -0.3 is 9.64 Å². The third-order valence-corrected chi connectivity index (χ3v) is 4.40. The minimum Gasteiger partial charge on any atom is -0.497 e. The lowest BCUT2D eigenvalue weighted by Crippen LogP contribution is -2.25. The molecule has 0 radical (unpaired) electrons. The first-order valence-corrected chi connectivity index (χ1v) is 8.12. The Labute approximate surface area is 135 Å². The molecule has 2 rings (SSSR count). The molecule has 1 saturated heterocycles. The van der Waals surface area contributed by atoms with Crippen molar-refractivity contribution in [3.63, 3.8) is 0 Å². The first-order valence-electron chi connectivity index (χ1n) is 7.13. The van der Waals surface area contributed by atoms with Gasteiger partial charge in [0.05, 0.1) is 24.4 Å². The van der Waals surface area contributed by atoms with Gasteiger partial charge in [-0.2, -0.15) is 0 Å². The van der Waals surface area contributed by atoms with Gasteiger partial charge in [-0.25, -0.2) is 0 Å². The zero-order chi connectivity index (χ0) is 16.3. The molecule has 118 valence electrons. The third kappa shape index (κ3) is 3.91. The van der Waals surface area contributed by atoms with Gasteiger partial charge in [-0.15, -0.1) is 0 Å². The highest BCUT2D eigenvalue weighted by atomic mass is 32.2. The van der Waals surface area contributed by atoms with Crippen molar-refractivity contribution in [2.24, 2.45) is 5.41 Å². The highest BCUT2D eigenvalue weighted by Gasteiger charge is 2.29. The van der Waals surface area contributed by atoms with Crippen LogP contribution in [0.1, 0.15) is 26.3 Å². The molecule has 0 unspecified atom stereocenters. The summed E-state index contributed by atoms with van der Waals surface area (Å²) in [4.78, 5) is 25.9. The van der Waals surface area contributed by atoms with Gasteiger partial charge in [0.25, 0.3) is 0 Å². The van der Waals surface area contributed by atoms with Gasteiger partial charge in [0, 0.05) is 11.5 Å². The number of ketones is 1. The number of rotatable bonds is 4. The molecule has 1 aliphatic heterocycles. The lowest BCUT2D eigenvalue weighted by molar-refractivity contribution is -0.125. The van der Waals surface area contributed by atoms with Crippen LogP contribution in [-0.2, 0) is 16.1 Å². The number of amides is 1. The van der Waals surface area contributed by atoms with Crippen molar-refractivity contribution in [3.8, 4) is 5.75 Å². The molecule has 1 heterocycles. The molecule has 1 aromatic rings. The maximum atomic E-state index is 12.2. The van der Waals surface area contributed by atoms with Gasteiger partial charge >= 0.3 is 0 Å². The van der Waals surface area contributed by atoms with Crippen molar-refractivity contribution in [2.45, 2.75) is 27.3 Å². The van der Waals surface area contributed by atoms with E-state index in [9.17, 15) is 9.59 Å².